The fourth-order valence-electron chi connectivity index (χ4n) is 1.70. The molecule has 0 unspecified atom stereocenters. The molecule has 18 heavy (non-hydrogen) atoms. The molecule has 0 bridgehead atoms. The van der Waals surface area contributed by atoms with Crippen molar-refractivity contribution < 1.29 is 4.79 Å². The van der Waals surface area contributed by atoms with E-state index in [1.807, 2.05) is 0 Å². The number of amides is 1. The third-order valence-electron chi connectivity index (χ3n) is 3.11. The number of anilines is 1. The summed E-state index contributed by atoms with van der Waals surface area (Å²) in [6.45, 7) is 0.649. The average Bonchev–Trinajstić information content (AvgIpc) is 3.11. The lowest BCUT2D eigenvalue weighted by molar-refractivity contribution is 0.0953. The van der Waals surface area contributed by atoms with Gasteiger partial charge in [0.15, 0.2) is 0 Å². The number of nitrogens with two attached hydrogens (primary N) is 1. The summed E-state index contributed by atoms with van der Waals surface area (Å²) < 4.78 is 0.215. The Labute approximate surface area is 120 Å². The Bertz CT molecular complexity index is 489. The van der Waals surface area contributed by atoms with E-state index in [1.165, 1.54) is 6.07 Å². The van der Waals surface area contributed by atoms with Crippen LogP contribution in [0.3, 0.4) is 0 Å². The molecule has 0 aliphatic heterocycles. The number of rotatable bonds is 4. The Hall–Kier alpha value is -0.580. The fourth-order valence-corrected chi connectivity index (χ4v) is 2.85. The predicted octanol–water partition coefficient (Wildman–Crippen LogP) is 3.20. The van der Waals surface area contributed by atoms with Crippen LogP contribution in [-0.2, 0) is 0 Å². The maximum atomic E-state index is 12.0. The highest BCUT2D eigenvalue weighted by molar-refractivity contribution is 8.00. The van der Waals surface area contributed by atoms with E-state index in [0.717, 1.165) is 12.8 Å². The van der Waals surface area contributed by atoms with Gasteiger partial charge in [0.2, 0.25) is 0 Å². The summed E-state index contributed by atoms with van der Waals surface area (Å²) in [6, 6.07) is 3.08. The zero-order valence-electron chi connectivity index (χ0n) is 9.93. The number of thioether (sulfide) groups is 1. The van der Waals surface area contributed by atoms with Gasteiger partial charge in [0.05, 0.1) is 15.6 Å². The molecular weight excluding hydrogens is 291 g/mol. The molecule has 0 atom stereocenters. The Morgan fingerprint density at radius 3 is 2.72 bits per heavy atom. The SMILES string of the molecule is CSC1(CNC(=O)c2cc(N)cc(Cl)c2Cl)CC1. The molecule has 2 rings (SSSR count). The largest absolute Gasteiger partial charge is 0.399 e. The highest BCUT2D eigenvalue weighted by atomic mass is 35.5. The van der Waals surface area contributed by atoms with Crippen molar-refractivity contribution in [2.75, 3.05) is 18.5 Å². The molecule has 1 saturated carbocycles. The van der Waals surface area contributed by atoms with Crippen LogP contribution in [0.2, 0.25) is 10.0 Å². The second-order valence-corrected chi connectivity index (χ2v) is 6.49. The number of carbonyl (C=O) groups excluding carboxylic acids is 1. The van der Waals surface area contributed by atoms with Crippen LogP contribution in [-0.4, -0.2) is 23.5 Å². The first-order chi connectivity index (χ1) is 8.47. The summed E-state index contributed by atoms with van der Waals surface area (Å²) in [6.07, 6.45) is 4.34. The molecule has 1 aromatic rings. The van der Waals surface area contributed by atoms with E-state index in [9.17, 15) is 4.79 Å². The topological polar surface area (TPSA) is 55.1 Å². The van der Waals surface area contributed by atoms with Crippen LogP contribution < -0.4 is 11.1 Å². The van der Waals surface area contributed by atoms with E-state index in [-0.39, 0.29) is 15.7 Å². The van der Waals surface area contributed by atoms with Crippen LogP contribution in [0.25, 0.3) is 0 Å². The lowest BCUT2D eigenvalue weighted by Crippen LogP contribution is -2.31. The Morgan fingerprint density at radius 2 is 2.17 bits per heavy atom. The van der Waals surface area contributed by atoms with Crippen LogP contribution in [0, 0.1) is 0 Å². The van der Waals surface area contributed by atoms with Gasteiger partial charge in [0.25, 0.3) is 5.91 Å². The lowest BCUT2D eigenvalue weighted by atomic mass is 10.2. The summed E-state index contributed by atoms with van der Waals surface area (Å²) in [5.74, 6) is -0.227. The van der Waals surface area contributed by atoms with E-state index in [1.54, 1.807) is 17.8 Å². The van der Waals surface area contributed by atoms with E-state index in [2.05, 4.69) is 11.6 Å². The van der Waals surface area contributed by atoms with E-state index >= 15 is 0 Å². The first kappa shape index (κ1) is 13.8. The Kier molecular flexibility index (Phi) is 3.99. The number of hydrogen-bond acceptors (Lipinski definition) is 3. The van der Waals surface area contributed by atoms with Gasteiger partial charge < -0.3 is 11.1 Å². The van der Waals surface area contributed by atoms with Crippen LogP contribution >= 0.6 is 35.0 Å². The van der Waals surface area contributed by atoms with Crippen molar-refractivity contribution in [1.82, 2.24) is 5.32 Å². The number of benzene rings is 1. The van der Waals surface area contributed by atoms with Crippen molar-refractivity contribution >= 4 is 46.6 Å². The molecule has 6 heteroatoms. The lowest BCUT2D eigenvalue weighted by Gasteiger charge is -2.14. The zero-order chi connectivity index (χ0) is 13.3. The van der Waals surface area contributed by atoms with Crippen LogP contribution in [0.5, 0.6) is 0 Å². The maximum Gasteiger partial charge on any atom is 0.252 e. The number of nitrogens with one attached hydrogen (secondary N) is 1. The molecule has 1 aromatic carbocycles. The van der Waals surface area contributed by atoms with Gasteiger partial charge in [-0.05, 0) is 31.2 Å². The second-order valence-electron chi connectivity index (χ2n) is 4.43. The first-order valence-electron chi connectivity index (χ1n) is 5.55. The summed E-state index contributed by atoms with van der Waals surface area (Å²) in [5.41, 5.74) is 6.42. The maximum absolute atomic E-state index is 12.0. The van der Waals surface area contributed by atoms with Crippen molar-refractivity contribution in [3.05, 3.63) is 27.7 Å². The van der Waals surface area contributed by atoms with Crippen LogP contribution in [0.4, 0.5) is 5.69 Å². The minimum atomic E-state index is -0.227. The molecule has 0 spiro atoms. The third kappa shape index (κ3) is 2.87. The van der Waals surface area contributed by atoms with E-state index in [4.69, 9.17) is 28.9 Å². The Balaban J connectivity index is 2.09. The monoisotopic (exact) mass is 304 g/mol. The Morgan fingerprint density at radius 1 is 1.50 bits per heavy atom. The fraction of sp³-hybridized carbons (Fsp3) is 0.417. The highest BCUT2D eigenvalue weighted by Gasteiger charge is 2.42. The molecule has 0 saturated heterocycles. The number of carbonyl (C=O) groups is 1. The van der Waals surface area contributed by atoms with Crippen molar-refractivity contribution in [1.29, 1.82) is 0 Å². The van der Waals surface area contributed by atoms with E-state index in [0.29, 0.717) is 22.8 Å². The molecule has 3 N–H and O–H groups in total. The van der Waals surface area contributed by atoms with Gasteiger partial charge in [-0.1, -0.05) is 23.2 Å². The van der Waals surface area contributed by atoms with Crippen molar-refractivity contribution in [2.45, 2.75) is 17.6 Å². The minimum Gasteiger partial charge on any atom is -0.399 e. The third-order valence-corrected chi connectivity index (χ3v) is 5.33. The zero-order valence-corrected chi connectivity index (χ0v) is 12.3. The van der Waals surface area contributed by atoms with Gasteiger partial charge in [0, 0.05) is 17.0 Å². The van der Waals surface area contributed by atoms with Crippen molar-refractivity contribution in [3.8, 4) is 0 Å². The minimum absolute atomic E-state index is 0.215. The van der Waals surface area contributed by atoms with E-state index < -0.39 is 0 Å². The summed E-state index contributed by atoms with van der Waals surface area (Å²) in [5, 5.41) is 3.44. The van der Waals surface area contributed by atoms with Crippen LogP contribution in [0.1, 0.15) is 23.2 Å². The molecule has 1 amide bonds. The molecule has 0 aromatic heterocycles. The smallest absolute Gasteiger partial charge is 0.252 e. The predicted molar refractivity (Wildman–Crippen MR) is 78.7 cm³/mol. The number of hydrogen-bond donors (Lipinski definition) is 2. The number of halogens is 2. The van der Waals surface area contributed by atoms with Gasteiger partial charge in [-0.2, -0.15) is 11.8 Å². The van der Waals surface area contributed by atoms with Gasteiger partial charge in [-0.3, -0.25) is 4.79 Å². The molecule has 1 fully saturated rings. The average molecular weight is 305 g/mol. The van der Waals surface area contributed by atoms with Gasteiger partial charge in [-0.25, -0.2) is 0 Å². The summed E-state index contributed by atoms with van der Waals surface area (Å²) >= 11 is 13.7. The molecule has 0 heterocycles. The quantitative estimate of drug-likeness (QED) is 0.840. The summed E-state index contributed by atoms with van der Waals surface area (Å²) in [7, 11) is 0. The first-order valence-corrected chi connectivity index (χ1v) is 7.53. The number of nitrogen functional groups attached to an aromatic ring is 1. The molecule has 3 nitrogen and oxygen atoms in total. The molecule has 0 radical (unpaired) electrons. The van der Waals surface area contributed by atoms with Gasteiger partial charge in [0.1, 0.15) is 0 Å². The normalized spacial score (nSPS) is 16.4. The molecule has 98 valence electrons. The second kappa shape index (κ2) is 5.19. The standard InChI is InChI=1S/C12H14Cl2N2OS/c1-18-12(2-3-12)6-16-11(17)8-4-7(15)5-9(13)10(8)14/h4-5H,2-3,6,15H2,1H3,(H,16,17). The van der Waals surface area contributed by atoms with Crippen molar-refractivity contribution in [3.63, 3.8) is 0 Å². The summed E-state index contributed by atoms with van der Waals surface area (Å²) in [4.78, 5) is 12.0. The molecular formula is C12H14Cl2N2OS. The highest BCUT2D eigenvalue weighted by Crippen LogP contribution is 2.46. The molecule has 1 aliphatic rings. The van der Waals surface area contributed by atoms with Gasteiger partial charge >= 0.3 is 0 Å². The van der Waals surface area contributed by atoms with Gasteiger partial charge in [-0.15, -0.1) is 0 Å². The molecule has 1 aliphatic carbocycles. The van der Waals surface area contributed by atoms with Crippen LogP contribution in [0.15, 0.2) is 12.1 Å². The van der Waals surface area contributed by atoms with Crippen molar-refractivity contribution in [2.24, 2.45) is 0 Å².